The first-order valence-corrected chi connectivity index (χ1v) is 8.31. The predicted octanol–water partition coefficient (Wildman–Crippen LogP) is 2.97. The first kappa shape index (κ1) is 15.0. The number of benzene rings is 2. The van der Waals surface area contributed by atoms with Gasteiger partial charge < -0.3 is 5.32 Å². The van der Waals surface area contributed by atoms with Crippen molar-refractivity contribution in [1.82, 2.24) is 5.32 Å². The zero-order chi connectivity index (χ0) is 14.6. The Morgan fingerprint density at radius 1 is 1.10 bits per heavy atom. The van der Waals surface area contributed by atoms with Gasteiger partial charge in [-0.15, -0.1) is 0 Å². The van der Waals surface area contributed by atoms with Crippen LogP contribution in [0.25, 0.3) is 0 Å². The Hall–Kier alpha value is -1.37. The number of para-hydroxylation sites is 1. The maximum Gasteiger partial charge on any atom is 0.263 e. The highest BCUT2D eigenvalue weighted by Gasteiger charge is 2.18. The van der Waals surface area contributed by atoms with Crippen molar-refractivity contribution in [3.63, 3.8) is 0 Å². The van der Waals surface area contributed by atoms with Crippen LogP contribution in [-0.2, 0) is 16.6 Å². The Balaban J connectivity index is 2.36. The molecule has 2 aromatic rings. The summed E-state index contributed by atoms with van der Waals surface area (Å²) >= 11 is 3.29. The molecule has 0 heterocycles. The van der Waals surface area contributed by atoms with Gasteiger partial charge in [0, 0.05) is 16.7 Å². The third-order valence-corrected chi connectivity index (χ3v) is 5.07. The number of anilines is 1. The van der Waals surface area contributed by atoms with Gasteiger partial charge in [0.25, 0.3) is 10.0 Å². The monoisotopic (exact) mass is 354 g/mol. The third-order valence-electron chi connectivity index (χ3n) is 2.69. The summed E-state index contributed by atoms with van der Waals surface area (Å²) in [5.41, 5.74) is 1.45. The molecule has 20 heavy (non-hydrogen) atoms. The fourth-order valence-corrected chi connectivity index (χ4v) is 3.86. The van der Waals surface area contributed by atoms with E-state index in [0.29, 0.717) is 16.7 Å². The van der Waals surface area contributed by atoms with Gasteiger partial charge >= 0.3 is 0 Å². The molecule has 0 amide bonds. The highest BCUT2D eigenvalue weighted by molar-refractivity contribution is 9.10. The summed E-state index contributed by atoms with van der Waals surface area (Å²) in [5, 5.41) is 3.00. The van der Waals surface area contributed by atoms with Crippen LogP contribution in [0.4, 0.5) is 5.69 Å². The molecule has 0 saturated heterocycles. The maximum atomic E-state index is 12.4. The van der Waals surface area contributed by atoms with E-state index < -0.39 is 10.0 Å². The van der Waals surface area contributed by atoms with E-state index in [-0.39, 0.29) is 4.90 Å². The minimum Gasteiger partial charge on any atom is -0.316 e. The summed E-state index contributed by atoms with van der Waals surface area (Å²) in [7, 11) is -1.79. The summed E-state index contributed by atoms with van der Waals surface area (Å²) in [5.74, 6) is 0. The van der Waals surface area contributed by atoms with E-state index in [1.807, 2.05) is 19.2 Å². The summed E-state index contributed by atoms with van der Waals surface area (Å²) in [6.07, 6.45) is 0. The van der Waals surface area contributed by atoms with Crippen molar-refractivity contribution in [2.24, 2.45) is 0 Å². The quantitative estimate of drug-likeness (QED) is 0.867. The average Bonchev–Trinajstić information content (AvgIpc) is 2.42. The molecule has 0 aliphatic carbocycles. The molecular weight excluding hydrogens is 340 g/mol. The molecule has 2 rings (SSSR count). The fraction of sp³-hybridized carbons (Fsp3) is 0.143. The lowest BCUT2D eigenvalue weighted by molar-refractivity contribution is 0.600. The largest absolute Gasteiger partial charge is 0.316 e. The van der Waals surface area contributed by atoms with E-state index >= 15 is 0 Å². The van der Waals surface area contributed by atoms with Gasteiger partial charge in [0.15, 0.2) is 0 Å². The van der Waals surface area contributed by atoms with Gasteiger partial charge in [-0.25, -0.2) is 8.42 Å². The van der Waals surface area contributed by atoms with Crippen molar-refractivity contribution < 1.29 is 8.42 Å². The first-order chi connectivity index (χ1) is 9.53. The van der Waals surface area contributed by atoms with E-state index in [0.717, 1.165) is 5.56 Å². The molecule has 0 aromatic heterocycles. The van der Waals surface area contributed by atoms with Gasteiger partial charge in [-0.05, 0) is 52.8 Å². The van der Waals surface area contributed by atoms with E-state index in [2.05, 4.69) is 26.0 Å². The normalized spacial score (nSPS) is 11.3. The topological polar surface area (TPSA) is 58.2 Å². The van der Waals surface area contributed by atoms with Crippen molar-refractivity contribution >= 4 is 31.6 Å². The minimum atomic E-state index is -3.61. The maximum absolute atomic E-state index is 12.4. The molecule has 0 aliphatic rings. The van der Waals surface area contributed by atoms with Crippen LogP contribution in [0.2, 0.25) is 0 Å². The zero-order valence-corrected chi connectivity index (χ0v) is 13.3. The van der Waals surface area contributed by atoms with Crippen LogP contribution in [-0.4, -0.2) is 15.5 Å². The van der Waals surface area contributed by atoms with E-state index in [1.165, 1.54) is 0 Å². The number of halogens is 1. The van der Waals surface area contributed by atoms with Gasteiger partial charge in [-0.2, -0.15) is 0 Å². The molecular formula is C14H15BrN2O2S. The molecule has 0 bridgehead atoms. The van der Waals surface area contributed by atoms with Gasteiger partial charge in [0.1, 0.15) is 4.90 Å². The molecule has 0 fully saturated rings. The van der Waals surface area contributed by atoms with Crippen LogP contribution >= 0.6 is 15.9 Å². The number of hydrogen-bond acceptors (Lipinski definition) is 3. The average molecular weight is 355 g/mol. The summed E-state index contributed by atoms with van der Waals surface area (Å²) in [6, 6.07) is 14.1. The van der Waals surface area contributed by atoms with Crippen molar-refractivity contribution in [3.05, 3.63) is 58.6 Å². The second-order valence-corrected chi connectivity index (χ2v) is 6.77. The number of rotatable bonds is 5. The van der Waals surface area contributed by atoms with E-state index in [4.69, 9.17) is 0 Å². The van der Waals surface area contributed by atoms with Crippen molar-refractivity contribution in [2.45, 2.75) is 11.4 Å². The lowest BCUT2D eigenvalue weighted by Crippen LogP contribution is -2.14. The third kappa shape index (κ3) is 3.59. The molecule has 0 radical (unpaired) electrons. The van der Waals surface area contributed by atoms with Crippen LogP contribution in [0, 0.1) is 0 Å². The first-order valence-electron chi connectivity index (χ1n) is 6.04. The van der Waals surface area contributed by atoms with Crippen LogP contribution < -0.4 is 10.0 Å². The standard InChI is InChI=1S/C14H15BrN2O2S/c1-16-10-11-7-8-13(15)14(9-11)20(18,19)17-12-5-3-2-4-6-12/h2-9,16-17H,10H2,1H3. The van der Waals surface area contributed by atoms with Crippen molar-refractivity contribution in [2.75, 3.05) is 11.8 Å². The van der Waals surface area contributed by atoms with Gasteiger partial charge in [0.05, 0.1) is 0 Å². The summed E-state index contributed by atoms with van der Waals surface area (Å²) in [6.45, 7) is 0.612. The second kappa shape index (κ2) is 6.39. The predicted molar refractivity (Wildman–Crippen MR) is 84.2 cm³/mol. The minimum absolute atomic E-state index is 0.231. The Kier molecular flexibility index (Phi) is 4.80. The van der Waals surface area contributed by atoms with Crippen molar-refractivity contribution in [3.8, 4) is 0 Å². The molecule has 0 spiro atoms. The lowest BCUT2D eigenvalue weighted by atomic mass is 10.2. The zero-order valence-electron chi connectivity index (χ0n) is 10.9. The molecule has 4 nitrogen and oxygen atoms in total. The van der Waals surface area contributed by atoms with E-state index in [1.54, 1.807) is 36.4 Å². The molecule has 6 heteroatoms. The Morgan fingerprint density at radius 3 is 2.45 bits per heavy atom. The number of sulfonamides is 1. The van der Waals surface area contributed by atoms with Crippen LogP contribution in [0.5, 0.6) is 0 Å². The van der Waals surface area contributed by atoms with Gasteiger partial charge in [0.2, 0.25) is 0 Å². The molecule has 2 N–H and O–H groups in total. The smallest absolute Gasteiger partial charge is 0.263 e. The van der Waals surface area contributed by atoms with Crippen LogP contribution in [0.1, 0.15) is 5.56 Å². The molecule has 0 unspecified atom stereocenters. The van der Waals surface area contributed by atoms with Gasteiger partial charge in [-0.3, -0.25) is 4.72 Å². The molecule has 106 valence electrons. The highest BCUT2D eigenvalue weighted by Crippen LogP contribution is 2.25. The Morgan fingerprint density at radius 2 is 1.80 bits per heavy atom. The SMILES string of the molecule is CNCc1ccc(Br)c(S(=O)(=O)Nc2ccccc2)c1. The van der Waals surface area contributed by atoms with Gasteiger partial charge in [-0.1, -0.05) is 24.3 Å². The van der Waals surface area contributed by atoms with Crippen LogP contribution in [0.3, 0.4) is 0 Å². The van der Waals surface area contributed by atoms with E-state index in [9.17, 15) is 8.42 Å². The summed E-state index contributed by atoms with van der Waals surface area (Å²) < 4.78 is 27.9. The Labute approximate surface area is 127 Å². The van der Waals surface area contributed by atoms with Crippen molar-refractivity contribution in [1.29, 1.82) is 0 Å². The molecule has 0 atom stereocenters. The lowest BCUT2D eigenvalue weighted by Gasteiger charge is -2.11. The molecule has 0 saturated carbocycles. The second-order valence-electron chi connectivity index (χ2n) is 4.27. The number of hydrogen-bond donors (Lipinski definition) is 2. The summed E-state index contributed by atoms with van der Waals surface area (Å²) in [4.78, 5) is 0.231. The number of nitrogens with one attached hydrogen (secondary N) is 2. The fourth-order valence-electron chi connectivity index (χ4n) is 1.78. The highest BCUT2D eigenvalue weighted by atomic mass is 79.9. The van der Waals surface area contributed by atoms with Crippen LogP contribution in [0.15, 0.2) is 57.9 Å². The Bertz CT molecular complexity index is 688. The molecule has 2 aromatic carbocycles. The molecule has 0 aliphatic heterocycles.